The van der Waals surface area contributed by atoms with Crippen molar-refractivity contribution in [3.63, 3.8) is 0 Å². The highest BCUT2D eigenvalue weighted by molar-refractivity contribution is 7.07. The van der Waals surface area contributed by atoms with Gasteiger partial charge in [0.2, 0.25) is 0 Å². The molecule has 0 saturated carbocycles. The number of nitro groups is 1. The van der Waals surface area contributed by atoms with Gasteiger partial charge in [0.1, 0.15) is 29.1 Å². The molecule has 1 aliphatic heterocycles. The summed E-state index contributed by atoms with van der Waals surface area (Å²) in [6, 6.07) is 11.2. The number of fused-ring (bicyclic) bond motifs is 1. The van der Waals surface area contributed by atoms with Crippen molar-refractivity contribution in [3.8, 4) is 22.8 Å². The Hall–Kier alpha value is -4.97. The Bertz CT molecular complexity index is 2030. The predicted molar refractivity (Wildman–Crippen MR) is 172 cm³/mol. The molecule has 1 amide bonds. The number of likely N-dealkylation sites (N-methyl/N-ethyl adjacent to an activating group) is 1. The maximum atomic E-state index is 14.2. The normalized spacial score (nSPS) is 14.6. The third kappa shape index (κ3) is 5.68. The summed E-state index contributed by atoms with van der Waals surface area (Å²) in [7, 11) is 3.09. The standard InChI is InChI=1S/C33H34N4O7S/c1-8-35(9-2)32(39)29-20(5)34-33-36(30(29)24-16-22(42-6)10-13-27(24)43-7)31(38)28(45-33)17-23-11-12-26(44-23)21-14-18(3)19(4)25(15-21)37(40)41/h10-17,30H,8-9H2,1-7H3/b28-17+/t30-/m0/s1. The molecule has 2 aromatic heterocycles. The molecule has 0 unspecified atom stereocenters. The number of thiazole rings is 1. The number of rotatable bonds is 9. The molecule has 0 N–H and O–H groups in total. The Labute approximate surface area is 263 Å². The average molecular weight is 631 g/mol. The maximum Gasteiger partial charge on any atom is 0.273 e. The van der Waals surface area contributed by atoms with Crippen LogP contribution in [0.15, 0.2) is 67.9 Å². The van der Waals surface area contributed by atoms with Gasteiger partial charge in [0.15, 0.2) is 4.80 Å². The molecule has 0 bridgehead atoms. The fourth-order valence-corrected chi connectivity index (χ4v) is 6.54. The lowest BCUT2D eigenvalue weighted by atomic mass is 9.93. The number of hydrogen-bond acceptors (Lipinski definition) is 9. The van der Waals surface area contributed by atoms with Gasteiger partial charge < -0.3 is 18.8 Å². The summed E-state index contributed by atoms with van der Waals surface area (Å²) in [5.74, 6) is 1.65. The zero-order valence-electron chi connectivity index (χ0n) is 26.2. The summed E-state index contributed by atoms with van der Waals surface area (Å²) < 4.78 is 19.1. The number of methoxy groups -OCH3 is 2. The number of aromatic nitrogens is 1. The molecule has 12 heteroatoms. The van der Waals surface area contributed by atoms with Crippen LogP contribution < -0.4 is 24.4 Å². The zero-order chi connectivity index (χ0) is 32.6. The Morgan fingerprint density at radius 1 is 1.11 bits per heavy atom. The lowest BCUT2D eigenvalue weighted by molar-refractivity contribution is -0.385. The first-order valence-corrected chi connectivity index (χ1v) is 15.2. The molecule has 45 heavy (non-hydrogen) atoms. The zero-order valence-corrected chi connectivity index (χ0v) is 27.0. The van der Waals surface area contributed by atoms with Crippen LogP contribution >= 0.6 is 11.3 Å². The van der Waals surface area contributed by atoms with Crippen LogP contribution in [0, 0.1) is 24.0 Å². The molecule has 0 radical (unpaired) electrons. The predicted octanol–water partition coefficient (Wildman–Crippen LogP) is 4.91. The van der Waals surface area contributed by atoms with Gasteiger partial charge in [0, 0.05) is 41.9 Å². The summed E-state index contributed by atoms with van der Waals surface area (Å²) in [5, 5.41) is 11.6. The van der Waals surface area contributed by atoms with Gasteiger partial charge in [0.25, 0.3) is 17.2 Å². The highest BCUT2D eigenvalue weighted by atomic mass is 32.1. The van der Waals surface area contributed by atoms with Gasteiger partial charge in [-0.15, -0.1) is 0 Å². The average Bonchev–Trinajstić information content (AvgIpc) is 3.61. The third-order valence-corrected chi connectivity index (χ3v) is 9.04. The van der Waals surface area contributed by atoms with Crippen LogP contribution in [0.1, 0.15) is 49.3 Å². The van der Waals surface area contributed by atoms with Gasteiger partial charge >= 0.3 is 0 Å². The van der Waals surface area contributed by atoms with Crippen LogP contribution in [0.2, 0.25) is 0 Å². The largest absolute Gasteiger partial charge is 0.497 e. The second-order valence-electron chi connectivity index (χ2n) is 10.6. The molecule has 0 spiro atoms. The minimum absolute atomic E-state index is 0.00895. The van der Waals surface area contributed by atoms with Crippen molar-refractivity contribution in [1.82, 2.24) is 9.47 Å². The number of benzene rings is 2. The molecule has 0 saturated heterocycles. The number of carbonyl (C=O) groups is 1. The minimum Gasteiger partial charge on any atom is -0.497 e. The second-order valence-corrected chi connectivity index (χ2v) is 11.6. The summed E-state index contributed by atoms with van der Waals surface area (Å²) in [4.78, 5) is 46.1. The number of carbonyl (C=O) groups excluding carboxylic acids is 1. The smallest absolute Gasteiger partial charge is 0.273 e. The van der Waals surface area contributed by atoms with E-state index in [1.54, 1.807) is 62.3 Å². The fourth-order valence-electron chi connectivity index (χ4n) is 5.51. The number of furan rings is 1. The molecule has 234 valence electrons. The van der Waals surface area contributed by atoms with E-state index in [9.17, 15) is 19.7 Å². The van der Waals surface area contributed by atoms with Crippen LogP contribution in [0.25, 0.3) is 17.4 Å². The van der Waals surface area contributed by atoms with Crippen LogP contribution in [-0.4, -0.2) is 47.6 Å². The number of nitrogens with zero attached hydrogens (tertiary/aromatic N) is 4. The third-order valence-electron chi connectivity index (χ3n) is 8.06. The first-order chi connectivity index (χ1) is 21.5. The summed E-state index contributed by atoms with van der Waals surface area (Å²) in [6.07, 6.45) is 1.62. The van der Waals surface area contributed by atoms with Crippen LogP contribution in [0.4, 0.5) is 5.69 Å². The Kier molecular flexibility index (Phi) is 8.78. The van der Waals surface area contributed by atoms with Gasteiger partial charge in [-0.1, -0.05) is 11.3 Å². The quantitative estimate of drug-likeness (QED) is 0.190. The summed E-state index contributed by atoms with van der Waals surface area (Å²) in [5.41, 5.74) is 3.04. The molecule has 0 aliphatic carbocycles. The summed E-state index contributed by atoms with van der Waals surface area (Å²) in [6.45, 7) is 10.1. The van der Waals surface area contributed by atoms with E-state index in [1.807, 2.05) is 26.8 Å². The summed E-state index contributed by atoms with van der Waals surface area (Å²) >= 11 is 1.18. The maximum absolute atomic E-state index is 14.2. The number of allylic oxidation sites excluding steroid dienone is 1. The monoisotopic (exact) mass is 630 g/mol. The Balaban J connectivity index is 1.68. The molecule has 11 nitrogen and oxygen atoms in total. The van der Waals surface area contributed by atoms with Gasteiger partial charge in [-0.2, -0.15) is 0 Å². The highest BCUT2D eigenvalue weighted by Gasteiger charge is 2.36. The SMILES string of the molecule is CCN(CC)C(=O)C1=C(C)N=c2s/c(=C/c3ccc(-c4cc(C)c(C)c([N+](=O)[O-])c4)o3)c(=O)n2[C@H]1c1cc(OC)ccc1OC. The first kappa shape index (κ1) is 31.5. The van der Waals surface area contributed by atoms with Crippen molar-refractivity contribution in [2.45, 2.75) is 40.7 Å². The topological polar surface area (TPSA) is 129 Å². The lowest BCUT2D eigenvalue weighted by Gasteiger charge is -2.30. The number of aryl methyl sites for hydroxylation is 1. The molecule has 0 fully saturated rings. The number of amides is 1. The van der Waals surface area contributed by atoms with Crippen molar-refractivity contribution in [2.24, 2.45) is 4.99 Å². The second kappa shape index (κ2) is 12.6. The van der Waals surface area contributed by atoms with Crippen LogP contribution in [-0.2, 0) is 4.79 Å². The fraction of sp³-hybridized carbons (Fsp3) is 0.303. The molecule has 2 aromatic carbocycles. The highest BCUT2D eigenvalue weighted by Crippen LogP contribution is 2.38. The van der Waals surface area contributed by atoms with Gasteiger partial charge in [-0.05, 0) is 76.6 Å². The molecule has 5 rings (SSSR count). The molecular formula is C33H34N4O7S. The lowest BCUT2D eigenvalue weighted by Crippen LogP contribution is -2.43. The molecular weight excluding hydrogens is 596 g/mol. The van der Waals surface area contributed by atoms with E-state index in [2.05, 4.69) is 0 Å². The first-order valence-electron chi connectivity index (χ1n) is 14.4. The molecule has 1 aliphatic rings. The number of hydrogen-bond donors (Lipinski definition) is 0. The molecule has 1 atom stereocenters. The molecule has 4 aromatic rings. The van der Waals surface area contributed by atoms with Crippen molar-refractivity contribution in [2.75, 3.05) is 27.3 Å². The van der Waals surface area contributed by atoms with Crippen LogP contribution in [0.3, 0.4) is 0 Å². The number of nitro benzene ring substituents is 1. The van der Waals surface area contributed by atoms with E-state index >= 15 is 0 Å². The number of ether oxygens (including phenoxy) is 2. The van der Waals surface area contributed by atoms with Crippen LogP contribution in [0.5, 0.6) is 11.5 Å². The van der Waals surface area contributed by atoms with Gasteiger partial charge in [0.05, 0.1) is 34.9 Å². The van der Waals surface area contributed by atoms with E-state index in [0.717, 1.165) is 5.56 Å². The Morgan fingerprint density at radius 2 is 1.84 bits per heavy atom. The minimum atomic E-state index is -0.829. The van der Waals surface area contributed by atoms with Crippen molar-refractivity contribution >= 4 is 29.0 Å². The van der Waals surface area contributed by atoms with E-state index in [-0.39, 0.29) is 17.2 Å². The Morgan fingerprint density at radius 3 is 2.49 bits per heavy atom. The van der Waals surface area contributed by atoms with E-state index in [4.69, 9.17) is 18.9 Å². The van der Waals surface area contributed by atoms with E-state index in [1.165, 1.54) is 29.1 Å². The van der Waals surface area contributed by atoms with E-state index in [0.29, 0.717) is 73.4 Å². The van der Waals surface area contributed by atoms with Gasteiger partial charge in [-0.25, -0.2) is 4.99 Å². The van der Waals surface area contributed by atoms with Crippen molar-refractivity contribution in [3.05, 3.63) is 106 Å². The van der Waals surface area contributed by atoms with E-state index < -0.39 is 11.0 Å². The van der Waals surface area contributed by atoms with Crippen molar-refractivity contribution in [1.29, 1.82) is 0 Å². The van der Waals surface area contributed by atoms with Gasteiger partial charge in [-0.3, -0.25) is 24.3 Å². The molecule has 3 heterocycles. The van der Waals surface area contributed by atoms with Crippen molar-refractivity contribution < 1.29 is 23.6 Å².